The van der Waals surface area contributed by atoms with Crippen LogP contribution in [0.3, 0.4) is 0 Å². The summed E-state index contributed by atoms with van der Waals surface area (Å²) in [4.78, 5) is 29.7. The maximum atomic E-state index is 15.0. The summed E-state index contributed by atoms with van der Waals surface area (Å²) in [5.74, 6) is -0.915. The Kier molecular flexibility index (Phi) is 10.6. The molecule has 0 bridgehead atoms. The van der Waals surface area contributed by atoms with E-state index in [1.165, 1.54) is 24.0 Å². The standard InChI is InChI=1S/C34H40FN3O6S/c1-2-45(41,42)38(28-17-18-31-32(22-28)44-20-19-43-31)24-33(39)37(23-26-13-9-10-16-29(26)35)30(21-25-11-5-3-6-12-25)34(40)36-27-14-7-4-8-15-27/h3,5-6,9-13,16-18,22,27,30H,2,4,7-8,14-15,19-21,23-24H2,1H3,(H,36,40)/t30-/m0/s1. The van der Waals surface area contributed by atoms with E-state index in [0.29, 0.717) is 24.7 Å². The van der Waals surface area contributed by atoms with Gasteiger partial charge in [-0.05, 0) is 43.5 Å². The van der Waals surface area contributed by atoms with Gasteiger partial charge in [0.2, 0.25) is 21.8 Å². The van der Waals surface area contributed by atoms with E-state index in [0.717, 1.165) is 42.0 Å². The Morgan fingerprint density at radius 1 is 0.933 bits per heavy atom. The molecule has 240 valence electrons. The maximum absolute atomic E-state index is 15.0. The lowest BCUT2D eigenvalue weighted by molar-refractivity contribution is -0.140. The number of carbonyl (C=O) groups is 2. The minimum atomic E-state index is -3.96. The number of nitrogens with one attached hydrogen (secondary N) is 1. The fraction of sp³-hybridized carbons (Fsp3) is 0.412. The Morgan fingerprint density at radius 2 is 1.62 bits per heavy atom. The van der Waals surface area contributed by atoms with Crippen molar-refractivity contribution in [3.05, 3.63) is 89.7 Å². The average molecular weight is 638 g/mol. The summed E-state index contributed by atoms with van der Waals surface area (Å²) in [5, 5.41) is 3.15. The van der Waals surface area contributed by atoms with Gasteiger partial charge in [-0.15, -0.1) is 0 Å². The molecule has 1 heterocycles. The smallest absolute Gasteiger partial charge is 0.244 e. The number of hydrogen-bond donors (Lipinski definition) is 1. The molecule has 2 aliphatic rings. The second-order valence-corrected chi connectivity index (χ2v) is 13.6. The van der Waals surface area contributed by atoms with Gasteiger partial charge in [0.25, 0.3) is 0 Å². The Bertz CT molecular complexity index is 1580. The van der Waals surface area contributed by atoms with Crippen LogP contribution in [0, 0.1) is 5.82 Å². The molecular weight excluding hydrogens is 597 g/mol. The third kappa shape index (κ3) is 8.13. The van der Waals surface area contributed by atoms with E-state index in [2.05, 4.69) is 5.32 Å². The van der Waals surface area contributed by atoms with E-state index in [-0.39, 0.29) is 41.9 Å². The van der Waals surface area contributed by atoms with Gasteiger partial charge >= 0.3 is 0 Å². The predicted molar refractivity (Wildman–Crippen MR) is 170 cm³/mol. The average Bonchev–Trinajstić information content (AvgIpc) is 3.06. The molecule has 1 aliphatic heterocycles. The molecule has 11 heteroatoms. The minimum Gasteiger partial charge on any atom is -0.486 e. The number of fused-ring (bicyclic) bond motifs is 1. The number of carbonyl (C=O) groups excluding carboxylic acids is 2. The van der Waals surface area contributed by atoms with Gasteiger partial charge in [0.15, 0.2) is 11.5 Å². The van der Waals surface area contributed by atoms with Crippen LogP contribution in [0.5, 0.6) is 11.5 Å². The number of anilines is 1. The fourth-order valence-electron chi connectivity index (χ4n) is 5.82. The summed E-state index contributed by atoms with van der Waals surface area (Å²) in [6.45, 7) is 1.37. The van der Waals surface area contributed by atoms with Crippen molar-refractivity contribution >= 4 is 27.5 Å². The molecule has 0 unspecified atom stereocenters. The van der Waals surface area contributed by atoms with E-state index in [1.54, 1.807) is 30.3 Å². The highest BCUT2D eigenvalue weighted by atomic mass is 32.2. The molecule has 1 aliphatic carbocycles. The van der Waals surface area contributed by atoms with Gasteiger partial charge in [-0.2, -0.15) is 0 Å². The highest BCUT2D eigenvalue weighted by molar-refractivity contribution is 7.92. The SMILES string of the molecule is CCS(=O)(=O)N(CC(=O)N(Cc1ccccc1F)[C@@H](Cc1ccccc1)C(=O)NC1CCCCC1)c1ccc2c(c1)OCCO2. The zero-order valence-corrected chi connectivity index (χ0v) is 26.3. The van der Waals surface area contributed by atoms with E-state index < -0.39 is 34.3 Å². The van der Waals surface area contributed by atoms with Gasteiger partial charge in [-0.1, -0.05) is 67.8 Å². The van der Waals surface area contributed by atoms with Crippen molar-refractivity contribution in [1.82, 2.24) is 10.2 Å². The van der Waals surface area contributed by atoms with Crippen LogP contribution in [0.1, 0.15) is 50.2 Å². The number of sulfonamides is 1. The Hall–Kier alpha value is -4.12. The van der Waals surface area contributed by atoms with Crippen molar-refractivity contribution < 1.29 is 31.9 Å². The molecule has 1 atom stereocenters. The highest BCUT2D eigenvalue weighted by Crippen LogP contribution is 2.35. The molecule has 9 nitrogen and oxygen atoms in total. The molecule has 0 radical (unpaired) electrons. The normalized spacial score (nSPS) is 15.6. The zero-order valence-electron chi connectivity index (χ0n) is 25.5. The topological polar surface area (TPSA) is 105 Å². The Morgan fingerprint density at radius 3 is 2.33 bits per heavy atom. The van der Waals surface area contributed by atoms with Gasteiger partial charge in [0.05, 0.1) is 11.4 Å². The van der Waals surface area contributed by atoms with E-state index >= 15 is 4.39 Å². The molecule has 2 amide bonds. The monoisotopic (exact) mass is 637 g/mol. The van der Waals surface area contributed by atoms with Crippen LogP contribution >= 0.6 is 0 Å². The number of nitrogens with zero attached hydrogens (tertiary/aromatic N) is 2. The highest BCUT2D eigenvalue weighted by Gasteiger charge is 2.35. The first-order valence-electron chi connectivity index (χ1n) is 15.5. The number of halogens is 1. The molecule has 0 spiro atoms. The van der Waals surface area contributed by atoms with Gasteiger partial charge in [-0.25, -0.2) is 12.8 Å². The summed E-state index contributed by atoms with van der Waals surface area (Å²) in [6.07, 6.45) is 4.98. The van der Waals surface area contributed by atoms with Crippen molar-refractivity contribution in [1.29, 1.82) is 0 Å². The van der Waals surface area contributed by atoms with Crippen LogP contribution in [0.25, 0.3) is 0 Å². The molecule has 1 saturated carbocycles. The van der Waals surface area contributed by atoms with E-state index in [4.69, 9.17) is 9.47 Å². The molecule has 1 fully saturated rings. The van der Waals surface area contributed by atoms with Crippen LogP contribution in [-0.2, 0) is 32.6 Å². The van der Waals surface area contributed by atoms with Crippen LogP contribution in [0.2, 0.25) is 0 Å². The van der Waals surface area contributed by atoms with E-state index in [9.17, 15) is 18.0 Å². The molecule has 45 heavy (non-hydrogen) atoms. The number of amides is 2. The maximum Gasteiger partial charge on any atom is 0.244 e. The predicted octanol–water partition coefficient (Wildman–Crippen LogP) is 4.84. The summed E-state index contributed by atoms with van der Waals surface area (Å²) in [7, 11) is -3.96. The third-order valence-corrected chi connectivity index (χ3v) is 10.1. The largest absolute Gasteiger partial charge is 0.486 e. The van der Waals surface area contributed by atoms with E-state index in [1.807, 2.05) is 30.3 Å². The van der Waals surface area contributed by atoms with Crippen LogP contribution in [0.15, 0.2) is 72.8 Å². The summed E-state index contributed by atoms with van der Waals surface area (Å²) < 4.78 is 54.2. The number of rotatable bonds is 12. The van der Waals surface area contributed by atoms with Crippen LogP contribution in [-0.4, -0.2) is 62.7 Å². The van der Waals surface area contributed by atoms with Crippen molar-refractivity contribution in [2.45, 2.75) is 64.1 Å². The third-order valence-electron chi connectivity index (χ3n) is 8.31. The molecular formula is C34H40FN3O6S. The zero-order chi connectivity index (χ0) is 31.8. The first-order valence-corrected chi connectivity index (χ1v) is 17.1. The first-order chi connectivity index (χ1) is 21.7. The van der Waals surface area contributed by atoms with Gasteiger partial charge in [-0.3, -0.25) is 13.9 Å². The quantitative estimate of drug-likeness (QED) is 0.305. The molecule has 0 saturated heterocycles. The Balaban J connectivity index is 1.52. The molecule has 3 aromatic carbocycles. The van der Waals surface area contributed by atoms with Gasteiger partial charge in [0, 0.05) is 30.6 Å². The molecule has 0 aromatic heterocycles. The minimum absolute atomic E-state index is 0.0235. The number of ether oxygens (including phenoxy) is 2. The van der Waals surface area contributed by atoms with Crippen molar-refractivity contribution in [2.75, 3.05) is 29.8 Å². The Labute approximate surface area is 264 Å². The van der Waals surface area contributed by atoms with Crippen molar-refractivity contribution in [3.63, 3.8) is 0 Å². The van der Waals surface area contributed by atoms with Crippen molar-refractivity contribution in [2.24, 2.45) is 0 Å². The fourth-order valence-corrected chi connectivity index (χ4v) is 6.87. The first kappa shape index (κ1) is 32.3. The number of benzene rings is 3. The van der Waals surface area contributed by atoms with Gasteiger partial charge in [0.1, 0.15) is 31.6 Å². The van der Waals surface area contributed by atoms with Gasteiger partial charge < -0.3 is 19.7 Å². The molecule has 1 N–H and O–H groups in total. The summed E-state index contributed by atoms with van der Waals surface area (Å²) in [6, 6.07) is 19.1. The molecule has 3 aromatic rings. The second kappa shape index (κ2) is 14.8. The lowest BCUT2D eigenvalue weighted by Crippen LogP contribution is -2.55. The molecule has 5 rings (SSSR count). The van der Waals surface area contributed by atoms with Crippen molar-refractivity contribution in [3.8, 4) is 11.5 Å². The summed E-state index contributed by atoms with van der Waals surface area (Å²) in [5.41, 5.74) is 1.27. The van der Waals surface area contributed by atoms with Crippen LogP contribution in [0.4, 0.5) is 10.1 Å². The lowest BCUT2D eigenvalue weighted by Gasteiger charge is -2.35. The lowest BCUT2D eigenvalue weighted by atomic mass is 9.94. The second-order valence-electron chi connectivity index (χ2n) is 11.4. The number of hydrogen-bond acceptors (Lipinski definition) is 6. The van der Waals surface area contributed by atoms with Crippen LogP contribution < -0.4 is 19.1 Å². The summed E-state index contributed by atoms with van der Waals surface area (Å²) >= 11 is 0.